The van der Waals surface area contributed by atoms with Gasteiger partial charge in [-0.15, -0.1) is 11.3 Å². The molecule has 2 aliphatic rings. The monoisotopic (exact) mass is 377 g/mol. The summed E-state index contributed by atoms with van der Waals surface area (Å²) >= 11 is 1.43. The van der Waals surface area contributed by atoms with Crippen molar-refractivity contribution in [3.63, 3.8) is 0 Å². The summed E-state index contributed by atoms with van der Waals surface area (Å²) in [5.41, 5.74) is -0.171. The molecule has 144 valence electrons. The Morgan fingerprint density at radius 1 is 1.27 bits per heavy atom. The smallest absolute Gasteiger partial charge is 0.226 e. The van der Waals surface area contributed by atoms with Crippen LogP contribution in [0.2, 0.25) is 0 Å². The standard InChI is InChI=1S/C20H31N3O2S/c1-2-16-7-6-11-23(15-16)18(25)14-20(8-4-3-5-9-20)13-17(24)22-19-21-10-12-26-19/h10,12,16H,2-9,11,13-15H2,1H3,(H,21,22,24). The van der Waals surface area contributed by atoms with Crippen molar-refractivity contribution in [1.29, 1.82) is 0 Å². The number of piperidine rings is 1. The van der Waals surface area contributed by atoms with E-state index in [0.29, 0.717) is 23.9 Å². The van der Waals surface area contributed by atoms with Crippen LogP contribution in [0.15, 0.2) is 11.6 Å². The van der Waals surface area contributed by atoms with Crippen molar-refractivity contribution in [3.05, 3.63) is 11.6 Å². The molecule has 1 aliphatic carbocycles. The fraction of sp³-hybridized carbons (Fsp3) is 0.750. The summed E-state index contributed by atoms with van der Waals surface area (Å²) in [6, 6.07) is 0. The number of hydrogen-bond donors (Lipinski definition) is 1. The van der Waals surface area contributed by atoms with Crippen molar-refractivity contribution < 1.29 is 9.59 Å². The van der Waals surface area contributed by atoms with Crippen LogP contribution in [0.4, 0.5) is 5.13 Å². The minimum atomic E-state index is -0.171. The van der Waals surface area contributed by atoms with E-state index in [1.807, 2.05) is 5.38 Å². The minimum Gasteiger partial charge on any atom is -0.342 e. The van der Waals surface area contributed by atoms with E-state index in [4.69, 9.17) is 0 Å². The van der Waals surface area contributed by atoms with E-state index in [-0.39, 0.29) is 17.2 Å². The number of rotatable bonds is 6. The largest absolute Gasteiger partial charge is 0.342 e. The van der Waals surface area contributed by atoms with Crippen molar-refractivity contribution >= 4 is 28.3 Å². The van der Waals surface area contributed by atoms with Crippen LogP contribution >= 0.6 is 11.3 Å². The van der Waals surface area contributed by atoms with Crippen molar-refractivity contribution in [2.24, 2.45) is 11.3 Å². The molecule has 1 unspecified atom stereocenters. The number of hydrogen-bond acceptors (Lipinski definition) is 4. The van der Waals surface area contributed by atoms with Crippen LogP contribution < -0.4 is 5.32 Å². The summed E-state index contributed by atoms with van der Waals surface area (Å²) in [7, 11) is 0. The maximum absolute atomic E-state index is 13.0. The molecule has 5 nitrogen and oxygen atoms in total. The zero-order valence-corrected chi connectivity index (χ0v) is 16.7. The molecule has 1 atom stereocenters. The van der Waals surface area contributed by atoms with Crippen LogP contribution in [0.3, 0.4) is 0 Å². The number of thiazole rings is 1. The van der Waals surface area contributed by atoms with E-state index in [1.54, 1.807) is 6.20 Å². The molecular weight excluding hydrogens is 346 g/mol. The fourth-order valence-corrected chi connectivity index (χ4v) is 5.11. The number of likely N-dealkylation sites (tertiary alicyclic amines) is 1. The van der Waals surface area contributed by atoms with Gasteiger partial charge in [0.1, 0.15) is 0 Å². The second-order valence-electron chi connectivity index (χ2n) is 8.06. The van der Waals surface area contributed by atoms with E-state index in [1.165, 1.54) is 24.2 Å². The zero-order chi connectivity index (χ0) is 18.4. The molecule has 2 fully saturated rings. The predicted molar refractivity (Wildman–Crippen MR) is 105 cm³/mol. The van der Waals surface area contributed by atoms with Gasteiger partial charge in [-0.25, -0.2) is 4.98 Å². The highest BCUT2D eigenvalue weighted by Gasteiger charge is 2.38. The Hall–Kier alpha value is -1.43. The molecule has 0 radical (unpaired) electrons. The summed E-state index contributed by atoms with van der Waals surface area (Å²) < 4.78 is 0. The molecule has 0 spiro atoms. The zero-order valence-electron chi connectivity index (χ0n) is 15.8. The molecule has 26 heavy (non-hydrogen) atoms. The SMILES string of the molecule is CCC1CCCN(C(=O)CC2(CC(=O)Nc3nccs3)CCCCC2)C1. The van der Waals surface area contributed by atoms with Crippen molar-refractivity contribution in [2.45, 2.75) is 71.1 Å². The maximum atomic E-state index is 13.0. The number of amides is 2. The van der Waals surface area contributed by atoms with Gasteiger partial charge in [0.2, 0.25) is 11.8 Å². The van der Waals surface area contributed by atoms with Crippen molar-refractivity contribution in [3.8, 4) is 0 Å². The Kier molecular flexibility index (Phi) is 6.68. The molecular formula is C20H31N3O2S. The Bertz CT molecular complexity index is 596. The fourth-order valence-electron chi connectivity index (χ4n) is 4.56. The molecule has 2 amide bonds. The maximum Gasteiger partial charge on any atom is 0.226 e. The highest BCUT2D eigenvalue weighted by Crippen LogP contribution is 2.43. The lowest BCUT2D eigenvalue weighted by atomic mass is 9.69. The Balaban J connectivity index is 1.62. The highest BCUT2D eigenvalue weighted by atomic mass is 32.1. The second-order valence-corrected chi connectivity index (χ2v) is 8.95. The minimum absolute atomic E-state index is 0.000251. The molecule has 1 saturated heterocycles. The van der Waals surface area contributed by atoms with Gasteiger partial charge in [-0.05, 0) is 37.0 Å². The molecule has 0 bridgehead atoms. The third-order valence-corrected chi connectivity index (χ3v) is 6.79. The molecule has 1 aromatic heterocycles. The number of nitrogens with zero attached hydrogens (tertiary/aromatic N) is 2. The van der Waals surface area contributed by atoms with Gasteiger partial charge in [-0.2, -0.15) is 0 Å². The van der Waals surface area contributed by atoms with Gasteiger partial charge in [-0.1, -0.05) is 32.6 Å². The normalized spacial score (nSPS) is 22.8. The molecule has 1 N–H and O–H groups in total. The number of nitrogens with one attached hydrogen (secondary N) is 1. The summed E-state index contributed by atoms with van der Waals surface area (Å²) in [5.74, 6) is 0.898. The molecule has 1 aliphatic heterocycles. The first kappa shape index (κ1) is 19.3. The number of anilines is 1. The number of carbonyl (C=O) groups excluding carboxylic acids is 2. The van der Waals surface area contributed by atoms with Gasteiger partial charge in [0.15, 0.2) is 5.13 Å². The van der Waals surface area contributed by atoms with Gasteiger partial charge in [-0.3, -0.25) is 9.59 Å². The quantitative estimate of drug-likeness (QED) is 0.796. The van der Waals surface area contributed by atoms with E-state index < -0.39 is 0 Å². The number of carbonyl (C=O) groups is 2. The van der Waals surface area contributed by atoms with E-state index in [0.717, 1.165) is 51.6 Å². The van der Waals surface area contributed by atoms with Crippen LogP contribution in [0.1, 0.15) is 71.1 Å². The van der Waals surface area contributed by atoms with Gasteiger partial charge in [0.05, 0.1) is 0 Å². The lowest BCUT2D eigenvalue weighted by molar-refractivity contribution is -0.137. The van der Waals surface area contributed by atoms with Crippen LogP contribution in [0.5, 0.6) is 0 Å². The van der Waals surface area contributed by atoms with Crippen LogP contribution in [0.25, 0.3) is 0 Å². The molecule has 1 aromatic rings. The first-order valence-electron chi connectivity index (χ1n) is 10.1. The summed E-state index contributed by atoms with van der Waals surface area (Å²) in [5, 5.41) is 5.41. The molecule has 2 heterocycles. The Morgan fingerprint density at radius 2 is 2.08 bits per heavy atom. The summed E-state index contributed by atoms with van der Waals surface area (Å²) in [6.07, 6.45) is 11.6. The molecule has 6 heteroatoms. The van der Waals surface area contributed by atoms with Gasteiger partial charge < -0.3 is 10.2 Å². The van der Waals surface area contributed by atoms with Gasteiger partial charge >= 0.3 is 0 Å². The summed E-state index contributed by atoms with van der Waals surface area (Å²) in [6.45, 7) is 4.00. The first-order chi connectivity index (χ1) is 12.6. The van der Waals surface area contributed by atoms with Gasteiger partial charge in [0, 0.05) is 37.5 Å². The third-order valence-electron chi connectivity index (χ3n) is 6.10. The molecule has 1 saturated carbocycles. The van der Waals surface area contributed by atoms with Crippen molar-refractivity contribution in [1.82, 2.24) is 9.88 Å². The topological polar surface area (TPSA) is 62.3 Å². The van der Waals surface area contributed by atoms with Crippen LogP contribution in [-0.2, 0) is 9.59 Å². The van der Waals surface area contributed by atoms with E-state index >= 15 is 0 Å². The van der Waals surface area contributed by atoms with E-state index in [9.17, 15) is 9.59 Å². The number of aromatic nitrogens is 1. The predicted octanol–water partition coefficient (Wildman–Crippen LogP) is 4.46. The molecule has 0 aromatic carbocycles. The Morgan fingerprint density at radius 3 is 2.77 bits per heavy atom. The Labute approximate surface area is 160 Å². The average Bonchev–Trinajstić information content (AvgIpc) is 3.15. The van der Waals surface area contributed by atoms with E-state index in [2.05, 4.69) is 22.1 Å². The highest BCUT2D eigenvalue weighted by molar-refractivity contribution is 7.13. The van der Waals surface area contributed by atoms with Crippen molar-refractivity contribution in [2.75, 3.05) is 18.4 Å². The average molecular weight is 378 g/mol. The summed E-state index contributed by atoms with van der Waals surface area (Å²) in [4.78, 5) is 31.8. The van der Waals surface area contributed by atoms with Crippen LogP contribution in [0, 0.1) is 11.3 Å². The van der Waals surface area contributed by atoms with Crippen LogP contribution in [-0.4, -0.2) is 34.8 Å². The lowest BCUT2D eigenvalue weighted by Crippen LogP contribution is -2.43. The first-order valence-corrected chi connectivity index (χ1v) is 11.0. The lowest BCUT2D eigenvalue weighted by Gasteiger charge is -2.39. The molecule has 3 rings (SSSR count). The second kappa shape index (κ2) is 8.98. The third kappa shape index (κ3) is 5.06. The van der Waals surface area contributed by atoms with Gasteiger partial charge in [0.25, 0.3) is 0 Å².